The van der Waals surface area contributed by atoms with Crippen LogP contribution in [0.25, 0.3) is 10.5 Å². The van der Waals surface area contributed by atoms with Crippen LogP contribution in [0.1, 0.15) is 23.4 Å². The van der Waals surface area contributed by atoms with Crippen molar-refractivity contribution in [2.24, 2.45) is 0 Å². The quantitative estimate of drug-likeness (QED) is 0.270. The van der Waals surface area contributed by atoms with E-state index in [1.807, 2.05) is 11.8 Å². The van der Waals surface area contributed by atoms with Crippen molar-refractivity contribution in [1.29, 1.82) is 0 Å². The van der Waals surface area contributed by atoms with E-state index in [1.165, 1.54) is 27.2 Å². The van der Waals surface area contributed by atoms with Gasteiger partial charge in [0.1, 0.15) is 0 Å². The molecule has 0 nitrogen and oxygen atoms in total. The van der Waals surface area contributed by atoms with Crippen LogP contribution in [0.4, 0.5) is 25.2 Å². The molecule has 1 aliphatic rings. The van der Waals surface area contributed by atoms with Crippen molar-refractivity contribution in [2.45, 2.75) is 5.25 Å². The molecule has 1 atom stereocenters. The minimum Gasteiger partial charge on any atom is 1.00 e. The number of rotatable bonds is 3. The zero-order chi connectivity index (χ0) is 22.6. The van der Waals surface area contributed by atoms with E-state index in [4.69, 9.17) is 0 Å². The third kappa shape index (κ3) is 8.64. The molecule has 1 heterocycles. The molecule has 0 bridgehead atoms. The topological polar surface area (TPSA) is 0 Å². The summed E-state index contributed by atoms with van der Waals surface area (Å²) < 4.78 is 59.2. The van der Waals surface area contributed by atoms with Gasteiger partial charge >= 0.3 is 34.4 Å². The standard InChI is InChI=1S/C23H18S.F6P/c1-4-10-18(11-5-1)21-16-22(19-12-6-2-7-13-19)24-23(17-21)20-14-8-3-9-15-20;1-7(2,3,4,5)6/h1-17,22H;/q;-1/p+1. The largest absolute Gasteiger partial charge is 1.00 e. The summed E-state index contributed by atoms with van der Waals surface area (Å²) in [7, 11) is -10.7. The van der Waals surface area contributed by atoms with Crippen molar-refractivity contribution in [2.75, 3.05) is 0 Å². The van der Waals surface area contributed by atoms with Crippen LogP contribution in [0.5, 0.6) is 0 Å². The molecule has 0 aliphatic carbocycles. The van der Waals surface area contributed by atoms with E-state index in [0.29, 0.717) is 5.25 Å². The Labute approximate surface area is 182 Å². The van der Waals surface area contributed by atoms with Gasteiger partial charge in [-0.25, -0.2) is 0 Å². The van der Waals surface area contributed by atoms with E-state index >= 15 is 0 Å². The summed E-state index contributed by atoms with van der Waals surface area (Å²) >= 11 is 1.92. The Hall–Kier alpha value is -2.50. The van der Waals surface area contributed by atoms with Gasteiger partial charge in [-0.3, -0.25) is 0 Å². The van der Waals surface area contributed by atoms with Crippen molar-refractivity contribution in [1.82, 2.24) is 0 Å². The number of benzene rings is 3. The molecule has 1 aliphatic heterocycles. The minimum absolute atomic E-state index is 0. The smallest absolute Gasteiger partial charge is 1.00 e. The van der Waals surface area contributed by atoms with Crippen LogP contribution in [0.2, 0.25) is 0 Å². The molecular formula is C23H19F6PS. The summed E-state index contributed by atoms with van der Waals surface area (Å²) in [5, 5.41) is 0.335. The number of thioether (sulfide) groups is 1. The molecule has 8 heteroatoms. The first kappa shape index (κ1) is 23.2. The second kappa shape index (κ2) is 8.21. The summed E-state index contributed by atoms with van der Waals surface area (Å²) in [6.45, 7) is 0. The van der Waals surface area contributed by atoms with Gasteiger partial charge in [0, 0.05) is 4.91 Å². The Morgan fingerprint density at radius 3 is 1.52 bits per heavy atom. The maximum atomic E-state index is 9.87. The average molecular weight is 472 g/mol. The van der Waals surface area contributed by atoms with Crippen LogP contribution in [0.3, 0.4) is 0 Å². The van der Waals surface area contributed by atoms with E-state index in [-0.39, 0.29) is 1.43 Å². The van der Waals surface area contributed by atoms with Crippen molar-refractivity contribution in [3.8, 4) is 0 Å². The van der Waals surface area contributed by atoms with Gasteiger partial charge in [0.25, 0.3) is 0 Å². The average Bonchev–Trinajstić information content (AvgIpc) is 2.73. The first-order valence-electron chi connectivity index (χ1n) is 9.17. The van der Waals surface area contributed by atoms with E-state index in [2.05, 4.69) is 103 Å². The van der Waals surface area contributed by atoms with Crippen LogP contribution < -0.4 is 0 Å². The third-order valence-corrected chi connectivity index (χ3v) is 5.43. The molecule has 0 aromatic heterocycles. The fourth-order valence-corrected chi connectivity index (χ4v) is 4.18. The molecule has 0 fully saturated rings. The number of halogens is 6. The van der Waals surface area contributed by atoms with Gasteiger partial charge in [-0.15, -0.1) is 11.8 Å². The van der Waals surface area contributed by atoms with Gasteiger partial charge in [-0.1, -0.05) is 97.1 Å². The summed E-state index contributed by atoms with van der Waals surface area (Å²) in [6, 6.07) is 32.0. The molecule has 4 rings (SSSR count). The summed E-state index contributed by atoms with van der Waals surface area (Å²) in [6.07, 6.45) is 4.69. The molecule has 1 unspecified atom stereocenters. The zero-order valence-corrected chi connectivity index (χ0v) is 17.7. The van der Waals surface area contributed by atoms with E-state index in [9.17, 15) is 25.2 Å². The Bertz CT molecular complexity index is 1070. The van der Waals surface area contributed by atoms with Gasteiger partial charge in [0.2, 0.25) is 0 Å². The van der Waals surface area contributed by atoms with Gasteiger partial charge in [-0.05, 0) is 28.3 Å². The molecule has 0 radical (unpaired) electrons. The van der Waals surface area contributed by atoms with E-state index in [1.54, 1.807) is 0 Å². The molecule has 164 valence electrons. The second-order valence-corrected chi connectivity index (χ2v) is 9.87. The zero-order valence-electron chi connectivity index (χ0n) is 17.0. The number of allylic oxidation sites excluding steroid dienone is 2. The van der Waals surface area contributed by atoms with Crippen LogP contribution in [0.15, 0.2) is 103 Å². The molecule has 31 heavy (non-hydrogen) atoms. The van der Waals surface area contributed by atoms with Crippen molar-refractivity contribution in [3.05, 3.63) is 120 Å². The number of hydrogen-bond acceptors (Lipinski definition) is 1. The maximum absolute atomic E-state index is 10.7. The Balaban J connectivity index is 0.000000398. The molecule has 0 amide bonds. The normalized spacial score (nSPS) is 18.5. The fraction of sp³-hybridized carbons (Fsp3) is 0.0435. The van der Waals surface area contributed by atoms with Gasteiger partial charge in [-0.2, -0.15) is 0 Å². The van der Waals surface area contributed by atoms with Crippen molar-refractivity contribution >= 4 is 30.0 Å². The molecule has 3 aromatic carbocycles. The number of hydrogen-bond donors (Lipinski definition) is 0. The molecule has 0 saturated heterocycles. The van der Waals surface area contributed by atoms with Gasteiger partial charge < -0.3 is 0 Å². The first-order chi connectivity index (χ1) is 14.3. The Morgan fingerprint density at radius 1 is 0.613 bits per heavy atom. The van der Waals surface area contributed by atoms with Gasteiger partial charge in [0.05, 0.1) is 5.25 Å². The maximum Gasteiger partial charge on any atom is 1.00 e. The van der Waals surface area contributed by atoms with Crippen molar-refractivity contribution < 1.29 is 26.6 Å². The monoisotopic (exact) mass is 472 g/mol. The second-order valence-electron chi connectivity index (χ2n) is 6.77. The molecule has 0 saturated carbocycles. The predicted octanol–water partition coefficient (Wildman–Crippen LogP) is 10.1. The van der Waals surface area contributed by atoms with Crippen LogP contribution >= 0.6 is 19.6 Å². The van der Waals surface area contributed by atoms with Crippen LogP contribution in [-0.4, -0.2) is 0 Å². The van der Waals surface area contributed by atoms with Crippen molar-refractivity contribution in [3.63, 3.8) is 0 Å². The third-order valence-electron chi connectivity index (χ3n) is 4.16. The predicted molar refractivity (Wildman–Crippen MR) is 120 cm³/mol. The molecular weight excluding hydrogens is 453 g/mol. The Kier molecular flexibility index (Phi) is 6.14. The molecule has 0 spiro atoms. The fourth-order valence-electron chi connectivity index (χ4n) is 2.93. The Morgan fingerprint density at radius 2 is 1.03 bits per heavy atom. The van der Waals surface area contributed by atoms with E-state index in [0.717, 1.165) is 0 Å². The SMILES string of the molecule is C1=C(c2ccccc2)C=C(c2ccccc2)SC1c1ccccc1.F[P-](F)(F)(F)(F)F.[H+]. The molecule has 0 N–H and O–H groups in total. The first-order valence-corrected chi connectivity index (χ1v) is 12.1. The minimum atomic E-state index is -10.7. The van der Waals surface area contributed by atoms with Crippen LogP contribution in [-0.2, 0) is 0 Å². The van der Waals surface area contributed by atoms with E-state index < -0.39 is 7.81 Å². The summed E-state index contributed by atoms with van der Waals surface area (Å²) in [5.74, 6) is 0. The van der Waals surface area contributed by atoms with Gasteiger partial charge in [0.15, 0.2) is 0 Å². The summed E-state index contributed by atoms with van der Waals surface area (Å²) in [4.78, 5) is 1.32. The molecule has 3 aromatic rings. The summed E-state index contributed by atoms with van der Waals surface area (Å²) in [5.41, 5.74) is 5.19. The van der Waals surface area contributed by atoms with Crippen LogP contribution in [0, 0.1) is 0 Å².